The number of hydrogen-bond acceptors (Lipinski definition) is 15. The Morgan fingerprint density at radius 3 is 2.58 bits per heavy atom. The molecule has 0 aliphatic carbocycles. The van der Waals surface area contributed by atoms with E-state index in [0.717, 1.165) is 17.2 Å². The number of ether oxygens (including phenoxy) is 2. The SMILES string of the molecule is NC(=O)c1cc([C@@H]2O[C@@H]3CCOP(=O)(O)O[C@H]4[C@@H](F)[C@H](n5cnc6c(N)ncnc65)O[C@@H]4COP(=O)(O)O[C@@H]2[C@@H]3O)[nH]n1. The Hall–Kier alpha value is -2.94. The van der Waals surface area contributed by atoms with Gasteiger partial charge in [0, 0.05) is 6.42 Å². The molecule has 3 saturated heterocycles. The van der Waals surface area contributed by atoms with Crippen molar-refractivity contribution in [2.45, 2.75) is 55.4 Å². The molecule has 6 heterocycles. The van der Waals surface area contributed by atoms with E-state index in [4.69, 9.17) is 39.0 Å². The Morgan fingerprint density at radius 2 is 1.84 bits per heavy atom. The van der Waals surface area contributed by atoms with Crippen LogP contribution < -0.4 is 11.5 Å². The first kappa shape index (κ1) is 30.1. The molecule has 0 spiro atoms. The number of nitrogens with two attached hydrogens (primary N) is 2. The molecule has 0 radical (unpaired) electrons. The number of rotatable bonds is 3. The fourth-order valence-corrected chi connectivity index (χ4v) is 6.90. The molecule has 10 atom stereocenters. The molecule has 2 bridgehead atoms. The zero-order valence-electron chi connectivity index (χ0n) is 21.7. The van der Waals surface area contributed by atoms with Gasteiger partial charge in [0.1, 0.15) is 48.1 Å². The molecule has 3 fully saturated rings. The normalized spacial score (nSPS) is 39.0. The van der Waals surface area contributed by atoms with Crippen molar-refractivity contribution < 1.29 is 60.8 Å². The van der Waals surface area contributed by atoms with Crippen LogP contribution >= 0.6 is 15.6 Å². The molecule has 6 rings (SSSR count). The Labute approximate surface area is 239 Å². The number of halogens is 1. The van der Waals surface area contributed by atoms with Gasteiger partial charge in [0.05, 0.1) is 31.3 Å². The number of carbonyl (C=O) groups is 1. The molecular weight excluding hydrogens is 625 g/mol. The molecule has 234 valence electrons. The van der Waals surface area contributed by atoms with Crippen molar-refractivity contribution in [3.63, 3.8) is 0 Å². The van der Waals surface area contributed by atoms with E-state index in [-0.39, 0.29) is 34.8 Å². The number of phosphoric acid groups is 2. The number of phosphoric ester groups is 2. The first-order valence-corrected chi connectivity index (χ1v) is 15.6. The van der Waals surface area contributed by atoms with Gasteiger partial charge in [-0.05, 0) is 6.07 Å². The summed E-state index contributed by atoms with van der Waals surface area (Å²) in [6.07, 6.45) is -10.8. The lowest BCUT2D eigenvalue weighted by molar-refractivity contribution is -0.0527. The van der Waals surface area contributed by atoms with Gasteiger partial charge in [-0.3, -0.25) is 32.6 Å². The largest absolute Gasteiger partial charge is 0.472 e. The molecule has 8 N–H and O–H groups in total. The second-order valence-corrected chi connectivity index (χ2v) is 12.6. The van der Waals surface area contributed by atoms with Gasteiger partial charge in [-0.1, -0.05) is 0 Å². The summed E-state index contributed by atoms with van der Waals surface area (Å²) in [6, 6.07) is 1.19. The molecular formula is C20H25FN8O12P2. The van der Waals surface area contributed by atoms with Crippen LogP contribution in [-0.2, 0) is 36.7 Å². The molecule has 1 amide bonds. The van der Waals surface area contributed by atoms with E-state index in [1.807, 2.05) is 0 Å². The smallest absolute Gasteiger partial charge is 0.388 e. The number of aliphatic hydroxyl groups is 1. The lowest BCUT2D eigenvalue weighted by Gasteiger charge is -2.26. The summed E-state index contributed by atoms with van der Waals surface area (Å²) in [7, 11) is -10.1. The highest BCUT2D eigenvalue weighted by Crippen LogP contribution is 2.53. The van der Waals surface area contributed by atoms with Gasteiger partial charge < -0.3 is 35.8 Å². The molecule has 43 heavy (non-hydrogen) atoms. The maximum atomic E-state index is 15.8. The minimum Gasteiger partial charge on any atom is -0.388 e. The highest BCUT2D eigenvalue weighted by Gasteiger charge is 2.53. The van der Waals surface area contributed by atoms with Gasteiger partial charge in [-0.25, -0.2) is 28.5 Å². The number of fused-ring (bicyclic) bond motifs is 4. The first-order valence-electron chi connectivity index (χ1n) is 12.6. The van der Waals surface area contributed by atoms with Crippen molar-refractivity contribution >= 4 is 38.5 Å². The average Bonchev–Trinajstić information content (AvgIpc) is 3.71. The summed E-state index contributed by atoms with van der Waals surface area (Å²) < 4.78 is 74.8. The number of nitrogen functional groups attached to an aromatic ring is 1. The van der Waals surface area contributed by atoms with Crippen LogP contribution in [0.15, 0.2) is 18.7 Å². The highest BCUT2D eigenvalue weighted by atomic mass is 31.2. The number of imidazole rings is 1. The summed E-state index contributed by atoms with van der Waals surface area (Å²) in [5.74, 6) is -0.881. The number of carbonyl (C=O) groups excluding carboxylic acids is 1. The number of nitrogens with one attached hydrogen (secondary N) is 1. The average molecular weight is 650 g/mol. The number of aromatic amines is 1. The van der Waals surface area contributed by atoms with E-state index in [0.29, 0.717) is 0 Å². The van der Waals surface area contributed by atoms with Crippen LogP contribution in [0.1, 0.15) is 34.9 Å². The van der Waals surface area contributed by atoms with Gasteiger partial charge >= 0.3 is 15.6 Å². The fourth-order valence-electron chi connectivity index (χ4n) is 5.01. The van der Waals surface area contributed by atoms with Crippen molar-refractivity contribution in [1.82, 2.24) is 29.7 Å². The number of amides is 1. The number of hydrogen-bond donors (Lipinski definition) is 6. The van der Waals surface area contributed by atoms with Gasteiger partial charge in [0.25, 0.3) is 5.91 Å². The zero-order chi connectivity index (χ0) is 30.7. The first-order chi connectivity index (χ1) is 20.3. The van der Waals surface area contributed by atoms with Crippen LogP contribution in [-0.4, -0.2) is 100 Å². The summed E-state index contributed by atoms with van der Waals surface area (Å²) in [5, 5.41) is 17.1. The molecule has 3 aliphatic rings. The van der Waals surface area contributed by atoms with E-state index in [9.17, 15) is 28.8 Å². The number of primary amides is 1. The Kier molecular flexibility index (Phi) is 7.84. The Balaban J connectivity index is 1.29. The third-order valence-corrected chi connectivity index (χ3v) is 8.99. The van der Waals surface area contributed by atoms with Crippen LogP contribution in [0.4, 0.5) is 10.2 Å². The molecule has 3 aromatic heterocycles. The molecule has 3 aliphatic heterocycles. The highest BCUT2D eigenvalue weighted by molar-refractivity contribution is 7.47. The van der Waals surface area contributed by atoms with Gasteiger partial charge in [-0.15, -0.1) is 0 Å². The minimum atomic E-state index is -5.09. The van der Waals surface area contributed by atoms with Gasteiger partial charge in [0.2, 0.25) is 0 Å². The maximum absolute atomic E-state index is 15.8. The Morgan fingerprint density at radius 1 is 1.09 bits per heavy atom. The van der Waals surface area contributed by atoms with Crippen LogP contribution in [0, 0.1) is 0 Å². The molecule has 0 aromatic carbocycles. The number of H-pyrrole nitrogens is 1. The van der Waals surface area contributed by atoms with Crippen LogP contribution in [0.2, 0.25) is 0 Å². The molecule has 0 saturated carbocycles. The fraction of sp³-hybridized carbons (Fsp3) is 0.550. The summed E-state index contributed by atoms with van der Waals surface area (Å²) in [6.45, 7) is -1.44. The van der Waals surface area contributed by atoms with E-state index in [1.165, 1.54) is 6.07 Å². The van der Waals surface area contributed by atoms with E-state index < -0.39 is 83.8 Å². The predicted octanol–water partition coefficient (Wildman–Crippen LogP) is -0.625. The molecule has 20 nitrogen and oxygen atoms in total. The number of nitrogens with zero attached hydrogens (tertiary/aromatic N) is 5. The monoisotopic (exact) mass is 650 g/mol. The molecule has 3 aromatic rings. The van der Waals surface area contributed by atoms with Gasteiger partial charge in [0.15, 0.2) is 23.9 Å². The van der Waals surface area contributed by atoms with Crippen LogP contribution in [0.3, 0.4) is 0 Å². The quantitative estimate of drug-likeness (QED) is 0.192. The van der Waals surface area contributed by atoms with Crippen molar-refractivity contribution in [3.8, 4) is 0 Å². The van der Waals surface area contributed by atoms with Crippen molar-refractivity contribution in [2.24, 2.45) is 5.73 Å². The maximum Gasteiger partial charge on any atom is 0.472 e. The lowest BCUT2D eigenvalue weighted by atomic mass is 10.0. The second-order valence-electron chi connectivity index (χ2n) is 9.75. The lowest BCUT2D eigenvalue weighted by Crippen LogP contribution is -2.36. The van der Waals surface area contributed by atoms with E-state index in [1.54, 1.807) is 0 Å². The minimum absolute atomic E-state index is 0.00161. The van der Waals surface area contributed by atoms with Crippen LogP contribution in [0.25, 0.3) is 11.2 Å². The summed E-state index contributed by atoms with van der Waals surface area (Å²) in [4.78, 5) is 44.3. The summed E-state index contributed by atoms with van der Waals surface area (Å²) in [5.41, 5.74) is 11.1. The predicted molar refractivity (Wildman–Crippen MR) is 135 cm³/mol. The van der Waals surface area contributed by atoms with E-state index >= 15 is 4.39 Å². The number of alkyl halides is 1. The number of aromatic nitrogens is 6. The van der Waals surface area contributed by atoms with Crippen LogP contribution in [0.5, 0.6) is 0 Å². The zero-order valence-corrected chi connectivity index (χ0v) is 23.4. The molecule has 23 heteroatoms. The van der Waals surface area contributed by atoms with Crippen molar-refractivity contribution in [2.75, 3.05) is 18.9 Å². The Bertz CT molecular complexity index is 1630. The van der Waals surface area contributed by atoms with E-state index in [2.05, 4.69) is 25.1 Å². The standard InChI is InChI=1S/C20H25FN8O12P2/c21-11-15-10(39-20(11)29-6-26-12-17(22)24-5-25-19(12)29)4-37-43(34,35)41-16-13(30)9(1-2-36-42(32,33)40-15)38-14(16)7-3-8(18(23)31)28-27-7/h3,5-6,9-11,13-16,20,30H,1-2,4H2,(H2,23,31)(H,27,28)(H,32,33)(H,34,35)(H2,22,24,25)/t9-,10-,11-,13-,14+,15-,16-,20-/m1/s1. The van der Waals surface area contributed by atoms with Crippen molar-refractivity contribution in [1.29, 1.82) is 0 Å². The van der Waals surface area contributed by atoms with Gasteiger partial charge in [-0.2, -0.15) is 5.10 Å². The second kappa shape index (κ2) is 11.2. The summed E-state index contributed by atoms with van der Waals surface area (Å²) >= 11 is 0. The third kappa shape index (κ3) is 5.81. The number of anilines is 1. The molecule has 2 unspecified atom stereocenters. The third-order valence-electron chi connectivity index (χ3n) is 6.99. The topological polar surface area (TPSA) is 292 Å². The number of aliphatic hydroxyl groups excluding tert-OH is 1. The van der Waals surface area contributed by atoms with Crippen molar-refractivity contribution in [3.05, 3.63) is 30.1 Å².